The minimum absolute atomic E-state index is 0.254. The molecule has 0 radical (unpaired) electrons. The molecule has 2 nitrogen and oxygen atoms in total. The summed E-state index contributed by atoms with van der Waals surface area (Å²) in [6.45, 7) is 3.12. The van der Waals surface area contributed by atoms with Gasteiger partial charge in [-0.1, -0.05) is 19.8 Å². The molecule has 0 saturated heterocycles. The van der Waals surface area contributed by atoms with Gasteiger partial charge in [0.1, 0.15) is 12.9 Å². The Kier molecular flexibility index (Phi) is 7.32. The van der Waals surface area contributed by atoms with Crippen LogP contribution in [0.1, 0.15) is 26.2 Å². The maximum Gasteiger partial charge on any atom is 0.145 e. The summed E-state index contributed by atoms with van der Waals surface area (Å²) in [5.74, 6) is 0. The predicted octanol–water partition coefficient (Wildman–Crippen LogP) is 1.39. The average Bonchev–Trinajstić information content (AvgIpc) is 1.89. The normalized spacial score (nSPS) is 9.44. The summed E-state index contributed by atoms with van der Waals surface area (Å²) in [5.41, 5.74) is 0. The smallest absolute Gasteiger partial charge is 0.145 e. The lowest BCUT2D eigenvalue weighted by molar-refractivity contribution is -0.111. The summed E-state index contributed by atoms with van der Waals surface area (Å²) in [5, 5.41) is 0. The van der Waals surface area contributed by atoms with Gasteiger partial charge in [0.15, 0.2) is 0 Å². The van der Waals surface area contributed by atoms with Crippen LogP contribution in [0.15, 0.2) is 0 Å². The van der Waals surface area contributed by atoms with Gasteiger partial charge in [-0.25, -0.2) is 0 Å². The van der Waals surface area contributed by atoms with Crippen molar-refractivity contribution >= 4 is 6.29 Å². The van der Waals surface area contributed by atoms with E-state index in [4.69, 9.17) is 4.74 Å². The van der Waals surface area contributed by atoms with Crippen LogP contribution in [0.2, 0.25) is 0 Å². The van der Waals surface area contributed by atoms with E-state index in [0.717, 1.165) is 19.3 Å². The highest BCUT2D eigenvalue weighted by molar-refractivity contribution is 5.50. The van der Waals surface area contributed by atoms with Crippen molar-refractivity contribution < 1.29 is 9.53 Å². The highest BCUT2D eigenvalue weighted by Crippen LogP contribution is 1.92. The number of carbonyl (C=O) groups is 1. The van der Waals surface area contributed by atoms with Gasteiger partial charge < -0.3 is 9.53 Å². The number of hydrogen-bond donors (Lipinski definition) is 0. The Bertz CT molecular complexity index is 61.9. The van der Waals surface area contributed by atoms with E-state index < -0.39 is 0 Å². The van der Waals surface area contributed by atoms with Crippen LogP contribution in [-0.4, -0.2) is 19.5 Å². The molecule has 0 saturated carbocycles. The Morgan fingerprint density at radius 3 is 2.78 bits per heavy atom. The Hall–Kier alpha value is -0.370. The minimum atomic E-state index is 0.254. The fraction of sp³-hybridized carbons (Fsp3) is 0.857. The van der Waals surface area contributed by atoms with Crippen LogP contribution in [0.5, 0.6) is 0 Å². The first-order chi connectivity index (χ1) is 4.41. The molecule has 0 spiro atoms. The number of hydrogen-bond acceptors (Lipinski definition) is 2. The molecule has 2 heteroatoms. The monoisotopic (exact) mass is 130 g/mol. The van der Waals surface area contributed by atoms with E-state index in [9.17, 15) is 4.79 Å². The molecule has 0 rings (SSSR count). The van der Waals surface area contributed by atoms with Crippen molar-refractivity contribution in [1.82, 2.24) is 0 Å². The number of rotatable bonds is 6. The quantitative estimate of drug-likeness (QED) is 0.401. The number of aldehydes is 1. The van der Waals surface area contributed by atoms with E-state index >= 15 is 0 Å². The molecule has 9 heavy (non-hydrogen) atoms. The lowest BCUT2D eigenvalue weighted by Crippen LogP contribution is -1.96. The summed E-state index contributed by atoms with van der Waals surface area (Å²) >= 11 is 0. The van der Waals surface area contributed by atoms with Crippen molar-refractivity contribution in [2.75, 3.05) is 13.2 Å². The summed E-state index contributed by atoms with van der Waals surface area (Å²) in [6, 6.07) is 0. The second kappa shape index (κ2) is 7.63. The minimum Gasteiger partial charge on any atom is -0.374 e. The van der Waals surface area contributed by atoms with Crippen molar-refractivity contribution in [2.45, 2.75) is 26.2 Å². The molecular weight excluding hydrogens is 116 g/mol. The Balaban J connectivity index is 2.66. The molecule has 0 amide bonds. The highest BCUT2D eigenvalue weighted by Gasteiger charge is 1.84. The molecule has 0 atom stereocenters. The summed E-state index contributed by atoms with van der Waals surface area (Å²) in [4.78, 5) is 9.71. The van der Waals surface area contributed by atoms with Gasteiger partial charge in [0.25, 0.3) is 0 Å². The molecule has 0 unspecified atom stereocenters. The molecule has 0 bridgehead atoms. The first kappa shape index (κ1) is 8.63. The third-order valence-corrected chi connectivity index (χ3v) is 1.08. The second-order valence-corrected chi connectivity index (χ2v) is 1.95. The fourth-order valence-corrected chi connectivity index (χ4v) is 0.586. The van der Waals surface area contributed by atoms with Crippen LogP contribution >= 0.6 is 0 Å². The van der Waals surface area contributed by atoms with Crippen LogP contribution in [0.3, 0.4) is 0 Å². The van der Waals surface area contributed by atoms with Gasteiger partial charge in [0.05, 0.1) is 0 Å². The molecule has 0 aliphatic rings. The van der Waals surface area contributed by atoms with Crippen molar-refractivity contribution in [3.63, 3.8) is 0 Å². The number of carbonyl (C=O) groups excluding carboxylic acids is 1. The number of unbranched alkanes of at least 4 members (excludes halogenated alkanes) is 2. The molecule has 0 aromatic carbocycles. The van der Waals surface area contributed by atoms with Crippen LogP contribution in [0, 0.1) is 0 Å². The molecule has 0 aromatic rings. The zero-order valence-corrected chi connectivity index (χ0v) is 5.93. The maximum atomic E-state index is 9.71. The van der Waals surface area contributed by atoms with E-state index in [2.05, 4.69) is 6.92 Å². The molecule has 0 aromatic heterocycles. The topological polar surface area (TPSA) is 26.3 Å². The van der Waals surface area contributed by atoms with E-state index in [1.54, 1.807) is 0 Å². The molecule has 0 fully saturated rings. The lowest BCUT2D eigenvalue weighted by Gasteiger charge is -1.96. The second-order valence-electron chi connectivity index (χ2n) is 1.95. The van der Waals surface area contributed by atoms with Gasteiger partial charge in [-0.3, -0.25) is 0 Å². The van der Waals surface area contributed by atoms with E-state index in [1.807, 2.05) is 0 Å². The Labute approximate surface area is 56.2 Å². The maximum absolute atomic E-state index is 9.71. The summed E-state index contributed by atoms with van der Waals surface area (Å²) < 4.78 is 4.92. The molecule has 0 heterocycles. The Morgan fingerprint density at radius 2 is 2.22 bits per heavy atom. The van der Waals surface area contributed by atoms with Crippen LogP contribution in [-0.2, 0) is 9.53 Å². The van der Waals surface area contributed by atoms with Gasteiger partial charge in [-0.2, -0.15) is 0 Å². The molecule has 0 aliphatic carbocycles. The number of ether oxygens (including phenoxy) is 1. The molecular formula is C7H14O2. The van der Waals surface area contributed by atoms with Gasteiger partial charge >= 0.3 is 0 Å². The van der Waals surface area contributed by atoms with E-state index in [-0.39, 0.29) is 6.61 Å². The summed E-state index contributed by atoms with van der Waals surface area (Å²) in [6.07, 6.45) is 4.25. The van der Waals surface area contributed by atoms with Gasteiger partial charge in [-0.15, -0.1) is 0 Å². The largest absolute Gasteiger partial charge is 0.374 e. The third-order valence-electron chi connectivity index (χ3n) is 1.08. The van der Waals surface area contributed by atoms with Crippen molar-refractivity contribution in [2.24, 2.45) is 0 Å². The van der Waals surface area contributed by atoms with Crippen LogP contribution < -0.4 is 0 Å². The molecule has 0 N–H and O–H groups in total. The zero-order chi connectivity index (χ0) is 6.95. The van der Waals surface area contributed by atoms with Crippen molar-refractivity contribution in [3.8, 4) is 0 Å². The van der Waals surface area contributed by atoms with Gasteiger partial charge in [-0.05, 0) is 6.42 Å². The van der Waals surface area contributed by atoms with E-state index in [1.165, 1.54) is 12.8 Å². The lowest BCUT2D eigenvalue weighted by atomic mass is 10.3. The average molecular weight is 130 g/mol. The van der Waals surface area contributed by atoms with Crippen molar-refractivity contribution in [3.05, 3.63) is 0 Å². The first-order valence-electron chi connectivity index (χ1n) is 3.43. The van der Waals surface area contributed by atoms with Gasteiger partial charge in [0, 0.05) is 6.61 Å². The van der Waals surface area contributed by atoms with E-state index in [0.29, 0.717) is 0 Å². The standard InChI is InChI=1S/C7H14O2/c1-2-3-4-6-9-7-5-8/h5H,2-4,6-7H2,1H3. The highest BCUT2D eigenvalue weighted by atomic mass is 16.5. The molecule has 0 aliphatic heterocycles. The van der Waals surface area contributed by atoms with Crippen molar-refractivity contribution in [1.29, 1.82) is 0 Å². The fourth-order valence-electron chi connectivity index (χ4n) is 0.586. The summed E-state index contributed by atoms with van der Waals surface area (Å²) in [7, 11) is 0. The van der Waals surface area contributed by atoms with Gasteiger partial charge in [0.2, 0.25) is 0 Å². The first-order valence-corrected chi connectivity index (χ1v) is 3.43. The molecule has 54 valence electrons. The van der Waals surface area contributed by atoms with Crippen LogP contribution in [0.25, 0.3) is 0 Å². The SMILES string of the molecule is CCCCCOCC=O. The third kappa shape index (κ3) is 7.63. The zero-order valence-electron chi connectivity index (χ0n) is 5.93. The predicted molar refractivity (Wildman–Crippen MR) is 36.4 cm³/mol. The van der Waals surface area contributed by atoms with Crippen LogP contribution in [0.4, 0.5) is 0 Å². The Morgan fingerprint density at radius 1 is 1.44 bits per heavy atom.